The van der Waals surface area contributed by atoms with E-state index in [2.05, 4.69) is 33.1 Å². The van der Waals surface area contributed by atoms with E-state index < -0.39 is 11.7 Å². The second-order valence-electron chi connectivity index (χ2n) is 4.79. The molecule has 0 unspecified atom stereocenters. The molecule has 2 aromatic rings. The molecule has 0 aliphatic rings. The third-order valence-corrected chi connectivity index (χ3v) is 4.32. The molecule has 1 aromatic heterocycles. The minimum atomic E-state index is -0.477. The van der Waals surface area contributed by atoms with Crippen LogP contribution in [0.4, 0.5) is 9.39 Å². The second-order valence-corrected chi connectivity index (χ2v) is 6.96. The van der Waals surface area contributed by atoms with Gasteiger partial charge in [-0.3, -0.25) is 9.59 Å². The molecule has 2 N–H and O–H groups in total. The Kier molecular flexibility index (Phi) is 5.68. The minimum absolute atomic E-state index is 0.220. The molecule has 0 atom stereocenters. The predicted molar refractivity (Wildman–Crippen MR) is 93.8 cm³/mol. The molecule has 2 rings (SSSR count). The molecule has 4 nitrogen and oxygen atoms in total. The van der Waals surface area contributed by atoms with Crippen molar-refractivity contribution in [2.45, 2.75) is 6.92 Å². The Morgan fingerprint density at radius 2 is 2.04 bits per heavy atom. The maximum Gasteiger partial charge on any atom is 0.261 e. The summed E-state index contributed by atoms with van der Waals surface area (Å²) in [5, 5.41) is 5.91. The molecule has 7 heteroatoms. The fourth-order valence-corrected chi connectivity index (χ4v) is 2.96. The van der Waals surface area contributed by atoms with Crippen molar-refractivity contribution in [2.75, 3.05) is 11.9 Å². The van der Waals surface area contributed by atoms with Crippen molar-refractivity contribution < 1.29 is 14.0 Å². The summed E-state index contributed by atoms with van der Waals surface area (Å²) in [6.07, 6.45) is 0. The molecule has 0 fully saturated rings. The van der Waals surface area contributed by atoms with E-state index in [-0.39, 0.29) is 11.5 Å². The van der Waals surface area contributed by atoms with E-state index in [0.717, 1.165) is 23.0 Å². The van der Waals surface area contributed by atoms with Gasteiger partial charge in [-0.2, -0.15) is 0 Å². The lowest BCUT2D eigenvalue weighted by atomic mass is 10.2. The number of anilines is 1. The monoisotopic (exact) mass is 396 g/mol. The number of thiophene rings is 1. The predicted octanol–water partition coefficient (Wildman–Crippen LogP) is 4.09. The highest BCUT2D eigenvalue weighted by atomic mass is 79.9. The van der Waals surface area contributed by atoms with E-state index in [1.807, 2.05) is 0 Å². The van der Waals surface area contributed by atoms with Gasteiger partial charge in [0.05, 0.1) is 9.88 Å². The zero-order chi connectivity index (χ0) is 17.0. The maximum absolute atomic E-state index is 13.1. The largest absolute Gasteiger partial charge is 0.347 e. The standard InChI is InChI=1S/C16H14BrFN2O2S/c1-9-6-13(23-14(9)16(22)19-8-10(2)17)20-15(21)11-4-3-5-12(18)7-11/h3-7H,2,8H2,1H3,(H,19,22)(H,20,21). The molecule has 0 saturated heterocycles. The van der Waals surface area contributed by atoms with Crippen LogP contribution in [0.3, 0.4) is 0 Å². The van der Waals surface area contributed by atoms with Crippen LogP contribution in [0.2, 0.25) is 0 Å². The highest BCUT2D eigenvalue weighted by molar-refractivity contribution is 9.11. The molecular formula is C16H14BrFN2O2S. The molecule has 23 heavy (non-hydrogen) atoms. The number of aryl methyl sites for hydroxylation is 1. The summed E-state index contributed by atoms with van der Waals surface area (Å²) in [5.74, 6) is -1.14. The van der Waals surface area contributed by atoms with Gasteiger partial charge in [0.2, 0.25) is 0 Å². The summed E-state index contributed by atoms with van der Waals surface area (Å²) in [7, 11) is 0. The van der Waals surface area contributed by atoms with Crippen LogP contribution in [-0.4, -0.2) is 18.4 Å². The molecule has 0 aliphatic heterocycles. The number of carbonyl (C=O) groups is 2. The molecule has 1 heterocycles. The van der Waals surface area contributed by atoms with E-state index >= 15 is 0 Å². The van der Waals surface area contributed by atoms with Crippen molar-refractivity contribution in [3.8, 4) is 0 Å². The first-order chi connectivity index (χ1) is 10.9. The lowest BCUT2D eigenvalue weighted by Gasteiger charge is -2.03. The molecule has 0 aliphatic carbocycles. The molecule has 2 amide bonds. The van der Waals surface area contributed by atoms with E-state index in [1.165, 1.54) is 18.2 Å². The van der Waals surface area contributed by atoms with E-state index in [0.29, 0.717) is 20.9 Å². The van der Waals surface area contributed by atoms with Crippen molar-refractivity contribution in [1.29, 1.82) is 0 Å². The Morgan fingerprint density at radius 1 is 1.30 bits per heavy atom. The Labute approximate surface area is 145 Å². The van der Waals surface area contributed by atoms with Crippen molar-refractivity contribution in [3.63, 3.8) is 0 Å². The molecule has 0 radical (unpaired) electrons. The maximum atomic E-state index is 13.1. The number of carbonyl (C=O) groups excluding carboxylic acids is 2. The lowest BCUT2D eigenvalue weighted by molar-refractivity contribution is 0.0960. The zero-order valence-corrected chi connectivity index (χ0v) is 14.7. The van der Waals surface area contributed by atoms with Gasteiger partial charge in [-0.1, -0.05) is 28.6 Å². The van der Waals surface area contributed by atoms with Gasteiger partial charge in [-0.15, -0.1) is 11.3 Å². The van der Waals surface area contributed by atoms with Crippen LogP contribution in [-0.2, 0) is 0 Å². The average molecular weight is 397 g/mol. The Balaban J connectivity index is 2.10. The zero-order valence-electron chi connectivity index (χ0n) is 12.3. The Hall–Kier alpha value is -1.99. The number of benzene rings is 1. The number of hydrogen-bond donors (Lipinski definition) is 2. The molecule has 0 spiro atoms. The SMILES string of the molecule is C=C(Br)CNC(=O)c1sc(NC(=O)c2cccc(F)c2)cc1C. The van der Waals surface area contributed by atoms with Gasteiger partial charge in [0.25, 0.3) is 11.8 Å². The first-order valence-electron chi connectivity index (χ1n) is 6.65. The average Bonchev–Trinajstić information content (AvgIpc) is 2.85. The van der Waals surface area contributed by atoms with Gasteiger partial charge in [0, 0.05) is 16.6 Å². The van der Waals surface area contributed by atoms with E-state index in [1.54, 1.807) is 13.0 Å². The smallest absolute Gasteiger partial charge is 0.261 e. The van der Waals surface area contributed by atoms with Crippen molar-refractivity contribution in [1.82, 2.24) is 5.32 Å². The summed E-state index contributed by atoms with van der Waals surface area (Å²) in [4.78, 5) is 24.6. The van der Waals surface area contributed by atoms with Crippen molar-refractivity contribution in [2.24, 2.45) is 0 Å². The fraction of sp³-hybridized carbons (Fsp3) is 0.125. The highest BCUT2D eigenvalue weighted by Gasteiger charge is 2.15. The van der Waals surface area contributed by atoms with Gasteiger partial charge >= 0.3 is 0 Å². The van der Waals surface area contributed by atoms with Crippen molar-refractivity contribution >= 4 is 44.1 Å². The molecular weight excluding hydrogens is 383 g/mol. The summed E-state index contributed by atoms with van der Waals surface area (Å²) in [5.41, 5.74) is 0.972. The van der Waals surface area contributed by atoms with E-state index in [4.69, 9.17) is 0 Å². The summed E-state index contributed by atoms with van der Waals surface area (Å²) >= 11 is 4.33. The van der Waals surface area contributed by atoms with Gasteiger partial charge in [0.1, 0.15) is 5.82 Å². The Morgan fingerprint density at radius 3 is 2.70 bits per heavy atom. The molecule has 120 valence electrons. The quantitative estimate of drug-likeness (QED) is 0.799. The van der Waals surface area contributed by atoms with Gasteiger partial charge in [-0.25, -0.2) is 4.39 Å². The number of amides is 2. The first-order valence-corrected chi connectivity index (χ1v) is 8.26. The number of nitrogens with one attached hydrogen (secondary N) is 2. The number of rotatable bonds is 5. The van der Waals surface area contributed by atoms with Gasteiger partial charge in [-0.05, 0) is 36.8 Å². The van der Waals surface area contributed by atoms with Crippen LogP contribution in [0.15, 0.2) is 41.4 Å². The third kappa shape index (κ3) is 4.74. The topological polar surface area (TPSA) is 58.2 Å². The van der Waals surface area contributed by atoms with Gasteiger partial charge in [0.15, 0.2) is 0 Å². The van der Waals surface area contributed by atoms with Crippen LogP contribution in [0.5, 0.6) is 0 Å². The van der Waals surface area contributed by atoms with Crippen LogP contribution in [0.1, 0.15) is 25.6 Å². The van der Waals surface area contributed by atoms with E-state index in [9.17, 15) is 14.0 Å². The lowest BCUT2D eigenvalue weighted by Crippen LogP contribution is -2.24. The Bertz CT molecular complexity index is 773. The van der Waals surface area contributed by atoms with Crippen LogP contribution in [0.25, 0.3) is 0 Å². The second kappa shape index (κ2) is 7.52. The summed E-state index contributed by atoms with van der Waals surface area (Å²) in [6.45, 7) is 5.75. The molecule has 1 aromatic carbocycles. The van der Waals surface area contributed by atoms with Crippen LogP contribution < -0.4 is 10.6 Å². The molecule has 0 bridgehead atoms. The number of hydrogen-bond acceptors (Lipinski definition) is 3. The highest BCUT2D eigenvalue weighted by Crippen LogP contribution is 2.27. The third-order valence-electron chi connectivity index (χ3n) is 2.89. The summed E-state index contributed by atoms with van der Waals surface area (Å²) < 4.78 is 13.8. The normalized spacial score (nSPS) is 10.2. The van der Waals surface area contributed by atoms with Crippen molar-refractivity contribution in [3.05, 3.63) is 63.2 Å². The fourth-order valence-electron chi connectivity index (χ4n) is 1.84. The minimum Gasteiger partial charge on any atom is -0.347 e. The van der Waals surface area contributed by atoms with Crippen LogP contribution >= 0.6 is 27.3 Å². The first kappa shape index (κ1) is 17.4. The van der Waals surface area contributed by atoms with Crippen LogP contribution in [0, 0.1) is 12.7 Å². The summed E-state index contributed by atoms with van der Waals surface area (Å²) in [6, 6.07) is 7.13. The molecule has 0 saturated carbocycles. The number of halogens is 2. The van der Waals surface area contributed by atoms with Gasteiger partial charge < -0.3 is 10.6 Å².